The molecule has 4 nitrogen and oxygen atoms in total. The van der Waals surface area contributed by atoms with Gasteiger partial charge in [-0.2, -0.15) is 0 Å². The van der Waals surface area contributed by atoms with Crippen molar-refractivity contribution in [1.29, 1.82) is 0 Å². The molecule has 2 saturated carbocycles. The Kier molecular flexibility index (Phi) is 5.67. The van der Waals surface area contributed by atoms with Gasteiger partial charge in [0.05, 0.1) is 6.61 Å². The molecule has 2 fully saturated rings. The molecule has 2 aliphatic rings. The maximum absolute atomic E-state index is 12.5. The predicted molar refractivity (Wildman–Crippen MR) is 85.3 cm³/mol. The fraction of sp³-hybridized carbons (Fsp3) is 0.941. The monoisotopic (exact) mass is 296 g/mol. The van der Waals surface area contributed by atoms with Crippen LogP contribution in [-0.2, 0) is 9.53 Å². The molecule has 2 rings (SSSR count). The lowest BCUT2D eigenvalue weighted by Crippen LogP contribution is -2.53. The first-order valence-electron chi connectivity index (χ1n) is 8.69. The van der Waals surface area contributed by atoms with E-state index in [2.05, 4.69) is 31.1 Å². The molecule has 1 N–H and O–H groups in total. The Morgan fingerprint density at radius 2 is 2.10 bits per heavy atom. The van der Waals surface area contributed by atoms with Gasteiger partial charge in [-0.05, 0) is 59.4 Å². The summed E-state index contributed by atoms with van der Waals surface area (Å²) >= 11 is 0. The van der Waals surface area contributed by atoms with E-state index in [4.69, 9.17) is 4.74 Å². The van der Waals surface area contributed by atoms with Crippen LogP contribution in [0.2, 0.25) is 0 Å². The van der Waals surface area contributed by atoms with Crippen molar-refractivity contribution in [3.05, 3.63) is 0 Å². The molecule has 122 valence electrons. The average molecular weight is 296 g/mol. The molecule has 4 heteroatoms. The summed E-state index contributed by atoms with van der Waals surface area (Å²) in [4.78, 5) is 15.0. The lowest BCUT2D eigenvalue weighted by Gasteiger charge is -2.33. The van der Waals surface area contributed by atoms with Crippen LogP contribution in [0.3, 0.4) is 0 Å². The molecule has 0 aromatic carbocycles. The molecule has 2 aliphatic carbocycles. The molecule has 0 bridgehead atoms. The van der Waals surface area contributed by atoms with E-state index in [1.807, 2.05) is 6.92 Å². The van der Waals surface area contributed by atoms with Gasteiger partial charge in [-0.1, -0.05) is 13.3 Å². The van der Waals surface area contributed by atoms with Crippen molar-refractivity contribution < 1.29 is 9.53 Å². The van der Waals surface area contributed by atoms with Crippen LogP contribution in [0, 0.1) is 0 Å². The predicted octanol–water partition coefficient (Wildman–Crippen LogP) is 2.71. The fourth-order valence-electron chi connectivity index (χ4n) is 3.61. The second kappa shape index (κ2) is 7.10. The van der Waals surface area contributed by atoms with Crippen LogP contribution in [0.4, 0.5) is 0 Å². The van der Waals surface area contributed by atoms with E-state index in [1.54, 1.807) is 0 Å². The Morgan fingerprint density at radius 3 is 2.67 bits per heavy atom. The van der Waals surface area contributed by atoms with Crippen LogP contribution in [0.5, 0.6) is 0 Å². The maximum Gasteiger partial charge on any atom is 0.326 e. The quantitative estimate of drug-likeness (QED) is 0.699. The molecule has 0 aliphatic heterocycles. The largest absolute Gasteiger partial charge is 0.465 e. The molecule has 0 aromatic rings. The molecule has 3 unspecified atom stereocenters. The first-order valence-corrected chi connectivity index (χ1v) is 8.69. The van der Waals surface area contributed by atoms with Gasteiger partial charge in [-0.25, -0.2) is 0 Å². The van der Waals surface area contributed by atoms with E-state index in [0.29, 0.717) is 24.7 Å². The lowest BCUT2D eigenvalue weighted by molar-refractivity contribution is -0.151. The molecule has 21 heavy (non-hydrogen) atoms. The highest BCUT2D eigenvalue weighted by molar-refractivity contribution is 5.81. The Labute approximate surface area is 129 Å². The van der Waals surface area contributed by atoms with Crippen LogP contribution < -0.4 is 5.32 Å². The number of nitrogens with zero attached hydrogens (tertiary/aromatic N) is 1. The number of nitrogens with one attached hydrogen (secondary N) is 1. The summed E-state index contributed by atoms with van der Waals surface area (Å²) in [5.74, 6) is -0.0315. The van der Waals surface area contributed by atoms with Crippen molar-refractivity contribution in [2.45, 2.75) is 89.4 Å². The third-order valence-electron chi connectivity index (χ3n) is 5.19. The number of esters is 1. The zero-order valence-corrected chi connectivity index (χ0v) is 14.2. The summed E-state index contributed by atoms with van der Waals surface area (Å²) < 4.78 is 5.37. The molecule has 0 saturated heterocycles. The zero-order valence-electron chi connectivity index (χ0n) is 14.2. The summed E-state index contributed by atoms with van der Waals surface area (Å²) in [6, 6.07) is 1.60. The summed E-state index contributed by atoms with van der Waals surface area (Å²) in [5, 5.41) is 3.61. The minimum atomic E-state index is -0.429. The van der Waals surface area contributed by atoms with Gasteiger partial charge in [-0.15, -0.1) is 0 Å². The Morgan fingerprint density at radius 1 is 1.38 bits per heavy atom. The highest BCUT2D eigenvalue weighted by Crippen LogP contribution is 2.37. The van der Waals surface area contributed by atoms with Crippen LogP contribution in [0.1, 0.15) is 65.7 Å². The zero-order chi connectivity index (χ0) is 15.5. The first kappa shape index (κ1) is 16.8. The van der Waals surface area contributed by atoms with Gasteiger partial charge in [0.1, 0.15) is 5.54 Å². The number of hydrogen-bond acceptors (Lipinski definition) is 4. The second-order valence-electron chi connectivity index (χ2n) is 6.92. The fourth-order valence-corrected chi connectivity index (χ4v) is 3.61. The highest BCUT2D eigenvalue weighted by Gasteiger charge is 2.50. The molecule has 0 amide bonds. The third-order valence-corrected chi connectivity index (χ3v) is 5.19. The van der Waals surface area contributed by atoms with Crippen LogP contribution in [-0.4, -0.2) is 48.2 Å². The van der Waals surface area contributed by atoms with E-state index in [0.717, 1.165) is 19.3 Å². The van der Waals surface area contributed by atoms with Crippen molar-refractivity contribution in [2.24, 2.45) is 0 Å². The maximum atomic E-state index is 12.5. The lowest BCUT2D eigenvalue weighted by atomic mass is 9.96. The van der Waals surface area contributed by atoms with Gasteiger partial charge >= 0.3 is 5.97 Å². The average Bonchev–Trinajstić information content (AvgIpc) is 3.15. The smallest absolute Gasteiger partial charge is 0.326 e. The Bertz CT molecular complexity index is 357. The van der Waals surface area contributed by atoms with E-state index in [1.165, 1.54) is 25.7 Å². The molecule has 0 aromatic heterocycles. The first-order chi connectivity index (χ1) is 10.0. The van der Waals surface area contributed by atoms with E-state index in [9.17, 15) is 4.79 Å². The SMILES string of the molecule is CCCC(C)N(C)C1CCC(NC2CC2)(C(=O)OCC)C1. The minimum Gasteiger partial charge on any atom is -0.465 e. The number of carbonyl (C=O) groups excluding carboxylic acids is 1. The molecule has 0 heterocycles. The summed E-state index contributed by atoms with van der Waals surface area (Å²) in [5.41, 5.74) is -0.429. The minimum absolute atomic E-state index is 0.0315. The number of rotatable bonds is 8. The van der Waals surface area contributed by atoms with Crippen molar-refractivity contribution in [3.8, 4) is 0 Å². The molecular formula is C17H32N2O2. The van der Waals surface area contributed by atoms with Gasteiger partial charge in [0.25, 0.3) is 0 Å². The van der Waals surface area contributed by atoms with Gasteiger partial charge < -0.3 is 9.64 Å². The van der Waals surface area contributed by atoms with E-state index < -0.39 is 5.54 Å². The Balaban J connectivity index is 2.01. The standard InChI is InChI=1S/C17H32N2O2/c1-5-7-13(3)19(4)15-10-11-17(12-15,16(20)21-6-2)18-14-8-9-14/h13-15,18H,5-12H2,1-4H3. The topological polar surface area (TPSA) is 41.6 Å². The molecule has 0 spiro atoms. The van der Waals surface area contributed by atoms with E-state index >= 15 is 0 Å². The molecular weight excluding hydrogens is 264 g/mol. The van der Waals surface area contributed by atoms with E-state index in [-0.39, 0.29) is 5.97 Å². The molecule has 3 atom stereocenters. The Hall–Kier alpha value is -0.610. The third kappa shape index (κ3) is 3.98. The van der Waals surface area contributed by atoms with Crippen molar-refractivity contribution in [3.63, 3.8) is 0 Å². The second-order valence-corrected chi connectivity index (χ2v) is 6.92. The molecule has 0 radical (unpaired) electrons. The van der Waals surface area contributed by atoms with Crippen LogP contribution >= 0.6 is 0 Å². The van der Waals surface area contributed by atoms with Crippen molar-refractivity contribution >= 4 is 5.97 Å². The van der Waals surface area contributed by atoms with Gasteiger partial charge in [0.2, 0.25) is 0 Å². The summed E-state index contributed by atoms with van der Waals surface area (Å²) in [6.07, 6.45) is 7.73. The summed E-state index contributed by atoms with van der Waals surface area (Å²) in [7, 11) is 2.21. The summed E-state index contributed by atoms with van der Waals surface area (Å²) in [6.45, 7) is 6.89. The number of hydrogen-bond donors (Lipinski definition) is 1. The number of ether oxygens (including phenoxy) is 1. The number of carbonyl (C=O) groups is 1. The van der Waals surface area contributed by atoms with Crippen LogP contribution in [0.15, 0.2) is 0 Å². The van der Waals surface area contributed by atoms with Gasteiger partial charge in [0.15, 0.2) is 0 Å². The highest BCUT2D eigenvalue weighted by atomic mass is 16.5. The van der Waals surface area contributed by atoms with Gasteiger partial charge in [-0.3, -0.25) is 10.1 Å². The van der Waals surface area contributed by atoms with Crippen LogP contribution in [0.25, 0.3) is 0 Å². The van der Waals surface area contributed by atoms with Gasteiger partial charge in [0, 0.05) is 18.1 Å². The van der Waals surface area contributed by atoms with Crippen molar-refractivity contribution in [1.82, 2.24) is 10.2 Å². The van der Waals surface area contributed by atoms with Crippen molar-refractivity contribution in [2.75, 3.05) is 13.7 Å². The normalized spacial score (nSPS) is 30.6.